The van der Waals surface area contributed by atoms with Crippen LogP contribution in [0.4, 0.5) is 0 Å². The van der Waals surface area contributed by atoms with Crippen molar-refractivity contribution in [2.24, 2.45) is 4.99 Å². The molecule has 18 heavy (non-hydrogen) atoms. The first-order chi connectivity index (χ1) is 8.86. The Morgan fingerprint density at radius 2 is 1.94 bits per heavy atom. The van der Waals surface area contributed by atoms with Gasteiger partial charge in [-0.1, -0.05) is 26.2 Å². The fourth-order valence-corrected chi connectivity index (χ4v) is 2.19. The molecule has 0 unspecified atom stereocenters. The fraction of sp³-hybridized carbons (Fsp3) is 0.929. The molecule has 1 saturated carbocycles. The van der Waals surface area contributed by atoms with Gasteiger partial charge < -0.3 is 15.4 Å². The van der Waals surface area contributed by atoms with E-state index in [1.54, 1.807) is 0 Å². The minimum absolute atomic E-state index is 0.622. The molecule has 4 nitrogen and oxygen atoms in total. The van der Waals surface area contributed by atoms with Crippen LogP contribution in [0.25, 0.3) is 0 Å². The molecular formula is C14H29N3O. The van der Waals surface area contributed by atoms with Crippen LogP contribution >= 0.6 is 0 Å². The van der Waals surface area contributed by atoms with Gasteiger partial charge in [-0.3, -0.25) is 4.99 Å². The molecule has 0 aromatic heterocycles. The summed E-state index contributed by atoms with van der Waals surface area (Å²) in [5, 5.41) is 6.82. The van der Waals surface area contributed by atoms with Crippen molar-refractivity contribution in [3.63, 3.8) is 0 Å². The Morgan fingerprint density at radius 3 is 2.61 bits per heavy atom. The Bertz CT molecular complexity index is 225. The van der Waals surface area contributed by atoms with E-state index in [1.165, 1.54) is 38.5 Å². The van der Waals surface area contributed by atoms with Crippen LogP contribution in [0.2, 0.25) is 0 Å². The number of rotatable bonds is 8. The molecule has 4 heteroatoms. The lowest BCUT2D eigenvalue weighted by atomic mass is 10.2. The zero-order valence-corrected chi connectivity index (χ0v) is 12.0. The zero-order chi connectivity index (χ0) is 13.1. The van der Waals surface area contributed by atoms with Crippen molar-refractivity contribution in [2.45, 2.75) is 57.9 Å². The second-order valence-corrected chi connectivity index (χ2v) is 4.94. The smallest absolute Gasteiger partial charge is 0.191 e. The summed E-state index contributed by atoms with van der Waals surface area (Å²) in [6.07, 6.45) is 8.66. The molecule has 0 amide bonds. The number of ether oxygens (including phenoxy) is 1. The second-order valence-electron chi connectivity index (χ2n) is 4.94. The number of guanidine groups is 1. The van der Waals surface area contributed by atoms with Crippen molar-refractivity contribution in [3.8, 4) is 0 Å². The van der Waals surface area contributed by atoms with Crippen molar-refractivity contribution in [1.82, 2.24) is 10.6 Å². The third-order valence-electron chi connectivity index (χ3n) is 3.32. The van der Waals surface area contributed by atoms with E-state index in [-0.39, 0.29) is 0 Å². The predicted octanol–water partition coefficient (Wildman–Crippen LogP) is 2.30. The highest BCUT2D eigenvalue weighted by Crippen LogP contribution is 2.17. The molecule has 0 aliphatic heterocycles. The maximum absolute atomic E-state index is 5.52. The van der Waals surface area contributed by atoms with Crippen LogP contribution in [0, 0.1) is 0 Å². The van der Waals surface area contributed by atoms with E-state index in [0.29, 0.717) is 6.04 Å². The summed E-state index contributed by atoms with van der Waals surface area (Å²) < 4.78 is 5.52. The van der Waals surface area contributed by atoms with Gasteiger partial charge >= 0.3 is 0 Å². The van der Waals surface area contributed by atoms with E-state index >= 15 is 0 Å². The molecule has 0 atom stereocenters. The standard InChI is InChI=1S/C14H29N3O/c1-3-4-11-18-12-7-10-16-14(15-2)17-13-8-5-6-9-13/h13H,3-12H2,1-2H3,(H2,15,16,17). The molecule has 106 valence electrons. The van der Waals surface area contributed by atoms with Crippen molar-refractivity contribution in [3.05, 3.63) is 0 Å². The van der Waals surface area contributed by atoms with Gasteiger partial charge in [0.15, 0.2) is 5.96 Å². The van der Waals surface area contributed by atoms with E-state index in [9.17, 15) is 0 Å². The molecule has 0 radical (unpaired) electrons. The maximum Gasteiger partial charge on any atom is 0.191 e. The average molecular weight is 255 g/mol. The van der Waals surface area contributed by atoms with Crippen molar-refractivity contribution < 1.29 is 4.74 Å². The summed E-state index contributed by atoms with van der Waals surface area (Å²) in [6.45, 7) is 4.85. The van der Waals surface area contributed by atoms with Gasteiger partial charge in [0.25, 0.3) is 0 Å². The first kappa shape index (κ1) is 15.3. The lowest BCUT2D eigenvalue weighted by Crippen LogP contribution is -2.42. The highest BCUT2D eigenvalue weighted by Gasteiger charge is 2.15. The molecule has 0 spiro atoms. The molecule has 0 heterocycles. The maximum atomic E-state index is 5.52. The van der Waals surface area contributed by atoms with Crippen LogP contribution in [0.1, 0.15) is 51.9 Å². The van der Waals surface area contributed by atoms with E-state index in [1.807, 2.05) is 7.05 Å². The number of nitrogens with zero attached hydrogens (tertiary/aromatic N) is 1. The number of aliphatic imine (C=N–C) groups is 1. The first-order valence-electron chi connectivity index (χ1n) is 7.41. The molecule has 0 aromatic rings. The van der Waals surface area contributed by atoms with Gasteiger partial charge in [-0.25, -0.2) is 0 Å². The number of unbranched alkanes of at least 4 members (excludes halogenated alkanes) is 1. The van der Waals surface area contributed by atoms with E-state index in [2.05, 4.69) is 22.5 Å². The van der Waals surface area contributed by atoms with Crippen LogP contribution in [0.3, 0.4) is 0 Å². The molecule has 0 saturated heterocycles. The molecule has 0 bridgehead atoms. The lowest BCUT2D eigenvalue weighted by Gasteiger charge is -2.16. The van der Waals surface area contributed by atoms with Crippen LogP contribution in [-0.2, 0) is 4.74 Å². The highest BCUT2D eigenvalue weighted by atomic mass is 16.5. The largest absolute Gasteiger partial charge is 0.381 e. The molecule has 2 N–H and O–H groups in total. The highest BCUT2D eigenvalue weighted by molar-refractivity contribution is 5.79. The molecule has 0 aromatic carbocycles. The molecule has 1 rings (SSSR count). The number of hydrogen-bond donors (Lipinski definition) is 2. The summed E-state index contributed by atoms with van der Waals surface area (Å²) in [7, 11) is 1.84. The quantitative estimate of drug-likeness (QED) is 0.397. The van der Waals surface area contributed by atoms with Gasteiger partial charge in [0.2, 0.25) is 0 Å². The van der Waals surface area contributed by atoms with Gasteiger partial charge in [0, 0.05) is 32.8 Å². The summed E-state index contributed by atoms with van der Waals surface area (Å²) in [5.41, 5.74) is 0. The van der Waals surface area contributed by atoms with Crippen LogP contribution < -0.4 is 10.6 Å². The zero-order valence-electron chi connectivity index (χ0n) is 12.0. The third-order valence-corrected chi connectivity index (χ3v) is 3.32. The first-order valence-corrected chi connectivity index (χ1v) is 7.41. The van der Waals surface area contributed by atoms with Crippen molar-refractivity contribution in [1.29, 1.82) is 0 Å². The Hall–Kier alpha value is -0.770. The minimum Gasteiger partial charge on any atom is -0.381 e. The normalized spacial score (nSPS) is 17.1. The third kappa shape index (κ3) is 6.84. The second kappa shape index (κ2) is 10.2. The molecule has 1 aliphatic rings. The van der Waals surface area contributed by atoms with Gasteiger partial charge in [-0.2, -0.15) is 0 Å². The van der Waals surface area contributed by atoms with E-state index in [0.717, 1.165) is 32.1 Å². The molecule has 1 fully saturated rings. The van der Waals surface area contributed by atoms with Gasteiger partial charge in [0.05, 0.1) is 0 Å². The van der Waals surface area contributed by atoms with Crippen LogP contribution in [0.15, 0.2) is 4.99 Å². The molecular weight excluding hydrogens is 226 g/mol. The Labute approximate surface area is 112 Å². The van der Waals surface area contributed by atoms with Crippen molar-refractivity contribution in [2.75, 3.05) is 26.8 Å². The van der Waals surface area contributed by atoms with Crippen LogP contribution in [-0.4, -0.2) is 38.8 Å². The fourth-order valence-electron chi connectivity index (χ4n) is 2.19. The minimum atomic E-state index is 0.622. The monoisotopic (exact) mass is 255 g/mol. The van der Waals surface area contributed by atoms with Gasteiger partial charge in [-0.15, -0.1) is 0 Å². The predicted molar refractivity (Wildman–Crippen MR) is 77.1 cm³/mol. The van der Waals surface area contributed by atoms with Gasteiger partial charge in [-0.05, 0) is 25.7 Å². The lowest BCUT2D eigenvalue weighted by molar-refractivity contribution is 0.129. The summed E-state index contributed by atoms with van der Waals surface area (Å²) in [6, 6.07) is 0.622. The van der Waals surface area contributed by atoms with Crippen LogP contribution in [0.5, 0.6) is 0 Å². The van der Waals surface area contributed by atoms with Gasteiger partial charge in [0.1, 0.15) is 0 Å². The Kier molecular flexibility index (Phi) is 8.65. The number of hydrogen-bond acceptors (Lipinski definition) is 2. The summed E-state index contributed by atoms with van der Waals surface area (Å²) >= 11 is 0. The Balaban J connectivity index is 1.98. The Morgan fingerprint density at radius 1 is 1.22 bits per heavy atom. The van der Waals surface area contributed by atoms with Crippen molar-refractivity contribution >= 4 is 5.96 Å². The SMILES string of the molecule is CCCCOCCCNC(=NC)NC1CCCC1. The topological polar surface area (TPSA) is 45.6 Å². The van der Waals surface area contributed by atoms with E-state index in [4.69, 9.17) is 4.74 Å². The van der Waals surface area contributed by atoms with E-state index < -0.39 is 0 Å². The summed E-state index contributed by atoms with van der Waals surface area (Å²) in [4.78, 5) is 4.25. The number of nitrogens with one attached hydrogen (secondary N) is 2. The molecule has 1 aliphatic carbocycles. The summed E-state index contributed by atoms with van der Waals surface area (Å²) in [5.74, 6) is 0.940. The average Bonchev–Trinajstić information content (AvgIpc) is 2.89.